The molecule has 2 aromatic carbocycles. The smallest absolute Gasteiger partial charge is 0.262 e. The Labute approximate surface area is 160 Å². The van der Waals surface area contributed by atoms with Gasteiger partial charge in [0.15, 0.2) is 0 Å². The Balaban J connectivity index is 1.61. The zero-order chi connectivity index (χ0) is 17.9. The van der Waals surface area contributed by atoms with Crippen molar-refractivity contribution in [2.24, 2.45) is 0 Å². The van der Waals surface area contributed by atoms with Gasteiger partial charge in [-0.1, -0.05) is 40.2 Å². The van der Waals surface area contributed by atoms with Crippen molar-refractivity contribution in [3.8, 4) is 0 Å². The van der Waals surface area contributed by atoms with Gasteiger partial charge in [-0.2, -0.15) is 0 Å². The molecule has 0 N–H and O–H groups in total. The first-order valence-electron chi connectivity index (χ1n) is 8.93. The number of benzene rings is 2. The highest BCUT2D eigenvalue weighted by molar-refractivity contribution is 9.10. The van der Waals surface area contributed by atoms with E-state index >= 15 is 0 Å². The zero-order valence-corrected chi connectivity index (χ0v) is 15.8. The van der Waals surface area contributed by atoms with Crippen molar-refractivity contribution in [2.45, 2.75) is 36.8 Å². The van der Waals surface area contributed by atoms with Crippen molar-refractivity contribution in [1.82, 2.24) is 4.90 Å². The number of nitrogens with zero attached hydrogens (tertiary/aromatic N) is 1. The summed E-state index contributed by atoms with van der Waals surface area (Å²) in [6, 6.07) is 15.1. The van der Waals surface area contributed by atoms with Crippen molar-refractivity contribution in [2.75, 3.05) is 6.61 Å². The van der Waals surface area contributed by atoms with E-state index in [0.29, 0.717) is 24.0 Å². The molecule has 5 rings (SSSR count). The van der Waals surface area contributed by atoms with Crippen LogP contribution in [-0.2, 0) is 10.3 Å². The van der Waals surface area contributed by atoms with Crippen molar-refractivity contribution < 1.29 is 14.3 Å². The fraction of sp³-hybridized carbons (Fsp3) is 0.333. The van der Waals surface area contributed by atoms with Gasteiger partial charge in [0.1, 0.15) is 0 Å². The molecular weight excluding hydrogens is 394 g/mol. The van der Waals surface area contributed by atoms with Crippen LogP contribution in [0.2, 0.25) is 0 Å². The number of halogens is 1. The molecule has 2 heterocycles. The van der Waals surface area contributed by atoms with Gasteiger partial charge in [-0.15, -0.1) is 0 Å². The number of amides is 2. The lowest BCUT2D eigenvalue weighted by Crippen LogP contribution is -2.64. The molecule has 1 saturated carbocycles. The maximum absolute atomic E-state index is 13.1. The van der Waals surface area contributed by atoms with Gasteiger partial charge in [0.05, 0.1) is 22.3 Å². The van der Waals surface area contributed by atoms with Crippen LogP contribution in [-0.4, -0.2) is 28.9 Å². The fourth-order valence-corrected chi connectivity index (χ4v) is 5.14. The van der Waals surface area contributed by atoms with Crippen LogP contribution in [0.1, 0.15) is 52.0 Å². The number of carbonyl (C=O) groups excluding carboxylic acids is 2. The molecule has 1 spiro atoms. The third kappa shape index (κ3) is 2.10. The molecule has 0 atom stereocenters. The Morgan fingerprint density at radius 3 is 2.08 bits per heavy atom. The van der Waals surface area contributed by atoms with Crippen LogP contribution < -0.4 is 0 Å². The van der Waals surface area contributed by atoms with Gasteiger partial charge in [0, 0.05) is 23.9 Å². The monoisotopic (exact) mass is 411 g/mol. The number of rotatable bonds is 2. The lowest BCUT2D eigenvalue weighted by Gasteiger charge is -2.57. The fourth-order valence-electron chi connectivity index (χ4n) is 4.88. The lowest BCUT2D eigenvalue weighted by atomic mass is 9.59. The van der Waals surface area contributed by atoms with E-state index in [-0.39, 0.29) is 17.4 Å². The third-order valence-electron chi connectivity index (χ3n) is 6.02. The normalized spacial score (nSPS) is 30.0. The summed E-state index contributed by atoms with van der Waals surface area (Å²) in [5.74, 6) is -0.386. The first-order chi connectivity index (χ1) is 12.5. The summed E-state index contributed by atoms with van der Waals surface area (Å²) < 4.78 is 7.00. The van der Waals surface area contributed by atoms with Crippen molar-refractivity contribution in [3.63, 3.8) is 0 Å². The Hall–Kier alpha value is -1.98. The standard InChI is InChI=1S/C21H18BrNO3/c22-15-8-6-14(7-9-15)21(12-20(13-21)10-3-11-26-20)23-18(24)16-4-1-2-5-17(16)19(23)25/h1-2,4-9H,3,10-13H2. The van der Waals surface area contributed by atoms with E-state index in [4.69, 9.17) is 4.74 Å². The number of ether oxygens (including phenoxy) is 1. The molecule has 0 bridgehead atoms. The second kappa shape index (κ2) is 5.51. The molecule has 3 aliphatic rings. The number of hydrogen-bond acceptors (Lipinski definition) is 3. The molecule has 5 heteroatoms. The average molecular weight is 412 g/mol. The second-order valence-electron chi connectivity index (χ2n) is 7.52. The Morgan fingerprint density at radius 2 is 1.54 bits per heavy atom. The molecule has 26 heavy (non-hydrogen) atoms. The number of hydrogen-bond donors (Lipinski definition) is 0. The molecule has 4 nitrogen and oxygen atoms in total. The summed E-state index contributed by atoms with van der Waals surface area (Å²) in [4.78, 5) is 27.8. The highest BCUT2D eigenvalue weighted by Gasteiger charge is 2.64. The predicted molar refractivity (Wildman–Crippen MR) is 99.9 cm³/mol. The highest BCUT2D eigenvalue weighted by Crippen LogP contribution is 2.59. The molecule has 2 aromatic rings. The SMILES string of the molecule is O=C1c2ccccc2C(=O)N1C1(c2ccc(Br)cc2)CC2(CCCO2)C1. The van der Waals surface area contributed by atoms with Gasteiger partial charge in [0.25, 0.3) is 11.8 Å². The molecule has 0 radical (unpaired) electrons. The van der Waals surface area contributed by atoms with Gasteiger partial charge in [-0.3, -0.25) is 14.5 Å². The van der Waals surface area contributed by atoms with Crippen molar-refractivity contribution in [1.29, 1.82) is 0 Å². The minimum Gasteiger partial charge on any atom is -0.375 e. The molecule has 0 unspecified atom stereocenters. The predicted octanol–water partition coefficient (Wildman–Crippen LogP) is 4.28. The summed E-state index contributed by atoms with van der Waals surface area (Å²) in [5.41, 5.74) is 1.18. The van der Waals surface area contributed by atoms with E-state index in [1.165, 1.54) is 4.90 Å². The van der Waals surface area contributed by atoms with E-state index in [2.05, 4.69) is 15.9 Å². The Morgan fingerprint density at radius 1 is 0.923 bits per heavy atom. The van der Waals surface area contributed by atoms with Crippen molar-refractivity contribution >= 4 is 27.7 Å². The van der Waals surface area contributed by atoms with Crippen LogP contribution in [0.4, 0.5) is 0 Å². The largest absolute Gasteiger partial charge is 0.375 e. The first kappa shape index (κ1) is 16.2. The summed E-state index contributed by atoms with van der Waals surface area (Å²) in [6.07, 6.45) is 3.38. The van der Waals surface area contributed by atoms with Gasteiger partial charge >= 0.3 is 0 Å². The lowest BCUT2D eigenvalue weighted by molar-refractivity contribution is -0.140. The van der Waals surface area contributed by atoms with Gasteiger partial charge in [-0.25, -0.2) is 0 Å². The topological polar surface area (TPSA) is 46.6 Å². The van der Waals surface area contributed by atoms with Crippen LogP contribution in [0.25, 0.3) is 0 Å². The van der Waals surface area contributed by atoms with Crippen LogP contribution in [0.15, 0.2) is 53.0 Å². The molecule has 2 amide bonds. The van der Waals surface area contributed by atoms with Gasteiger partial charge < -0.3 is 4.74 Å². The second-order valence-corrected chi connectivity index (χ2v) is 8.43. The zero-order valence-electron chi connectivity index (χ0n) is 14.2. The maximum atomic E-state index is 13.1. The third-order valence-corrected chi connectivity index (χ3v) is 6.55. The van der Waals surface area contributed by atoms with Crippen LogP contribution in [0, 0.1) is 0 Å². The molecule has 2 aliphatic heterocycles. The number of carbonyl (C=O) groups is 2. The van der Waals surface area contributed by atoms with E-state index in [0.717, 1.165) is 29.5 Å². The molecule has 132 valence electrons. The summed E-state index contributed by atoms with van der Waals surface area (Å²) in [6.45, 7) is 0.762. The summed E-state index contributed by atoms with van der Waals surface area (Å²) in [5, 5.41) is 0. The Kier molecular flexibility index (Phi) is 3.43. The van der Waals surface area contributed by atoms with Crippen LogP contribution in [0.5, 0.6) is 0 Å². The van der Waals surface area contributed by atoms with Crippen LogP contribution in [0.3, 0.4) is 0 Å². The molecule has 2 fully saturated rings. The minimum absolute atomic E-state index is 0.192. The summed E-state index contributed by atoms with van der Waals surface area (Å²) >= 11 is 3.47. The summed E-state index contributed by atoms with van der Waals surface area (Å²) in [7, 11) is 0. The average Bonchev–Trinajstić information content (AvgIpc) is 3.19. The maximum Gasteiger partial charge on any atom is 0.262 e. The van der Waals surface area contributed by atoms with E-state index < -0.39 is 5.54 Å². The van der Waals surface area contributed by atoms with E-state index in [1.54, 1.807) is 12.1 Å². The highest BCUT2D eigenvalue weighted by atomic mass is 79.9. The molecule has 1 saturated heterocycles. The van der Waals surface area contributed by atoms with Gasteiger partial charge in [0.2, 0.25) is 0 Å². The molecule has 1 aliphatic carbocycles. The van der Waals surface area contributed by atoms with Crippen LogP contribution >= 0.6 is 15.9 Å². The van der Waals surface area contributed by atoms with E-state index in [1.807, 2.05) is 36.4 Å². The molecular formula is C21H18BrNO3. The van der Waals surface area contributed by atoms with E-state index in [9.17, 15) is 9.59 Å². The van der Waals surface area contributed by atoms with Crippen molar-refractivity contribution in [3.05, 3.63) is 69.7 Å². The molecule has 0 aromatic heterocycles. The quantitative estimate of drug-likeness (QED) is 0.692. The Bertz CT molecular complexity index is 872. The number of fused-ring (bicyclic) bond motifs is 1. The first-order valence-corrected chi connectivity index (χ1v) is 9.72. The van der Waals surface area contributed by atoms with Gasteiger partial charge in [-0.05, 0) is 42.7 Å². The minimum atomic E-state index is -0.627. The number of imide groups is 1.